The SMILES string of the molecule is O=C1CN(CC2CCNC2)CCCO1. The van der Waals surface area contributed by atoms with Crippen LogP contribution in [0, 0.1) is 5.92 Å². The first-order valence-electron chi connectivity index (χ1n) is 5.43. The largest absolute Gasteiger partial charge is 0.465 e. The van der Waals surface area contributed by atoms with Gasteiger partial charge in [-0.1, -0.05) is 0 Å². The molecule has 0 aromatic rings. The molecule has 4 nitrogen and oxygen atoms in total. The van der Waals surface area contributed by atoms with Gasteiger partial charge in [-0.15, -0.1) is 0 Å². The van der Waals surface area contributed by atoms with Crippen molar-refractivity contribution in [3.05, 3.63) is 0 Å². The van der Waals surface area contributed by atoms with Crippen molar-refractivity contribution in [1.82, 2.24) is 10.2 Å². The number of hydrogen-bond acceptors (Lipinski definition) is 4. The van der Waals surface area contributed by atoms with E-state index in [0.717, 1.165) is 38.5 Å². The van der Waals surface area contributed by atoms with Crippen LogP contribution in [0.25, 0.3) is 0 Å². The van der Waals surface area contributed by atoms with Gasteiger partial charge in [0.2, 0.25) is 0 Å². The van der Waals surface area contributed by atoms with Gasteiger partial charge in [-0.3, -0.25) is 9.69 Å². The summed E-state index contributed by atoms with van der Waals surface area (Å²) in [6.07, 6.45) is 2.22. The second kappa shape index (κ2) is 4.75. The highest BCUT2D eigenvalue weighted by atomic mass is 16.5. The molecule has 4 heteroatoms. The van der Waals surface area contributed by atoms with Crippen molar-refractivity contribution in [2.75, 3.05) is 39.3 Å². The zero-order chi connectivity index (χ0) is 9.80. The maximum atomic E-state index is 11.2. The number of cyclic esters (lactones) is 1. The molecule has 0 aromatic heterocycles. The van der Waals surface area contributed by atoms with Crippen LogP contribution < -0.4 is 5.32 Å². The molecule has 0 aliphatic carbocycles. The fourth-order valence-corrected chi connectivity index (χ4v) is 2.17. The summed E-state index contributed by atoms with van der Waals surface area (Å²) in [4.78, 5) is 13.4. The topological polar surface area (TPSA) is 41.6 Å². The van der Waals surface area contributed by atoms with Gasteiger partial charge >= 0.3 is 5.97 Å². The quantitative estimate of drug-likeness (QED) is 0.626. The Morgan fingerprint density at radius 2 is 2.50 bits per heavy atom. The van der Waals surface area contributed by atoms with Crippen LogP contribution >= 0.6 is 0 Å². The van der Waals surface area contributed by atoms with Gasteiger partial charge in [-0.25, -0.2) is 0 Å². The lowest BCUT2D eigenvalue weighted by molar-refractivity contribution is -0.143. The average molecular weight is 198 g/mol. The Balaban J connectivity index is 1.79. The molecule has 1 unspecified atom stereocenters. The van der Waals surface area contributed by atoms with Crippen molar-refractivity contribution < 1.29 is 9.53 Å². The van der Waals surface area contributed by atoms with E-state index in [2.05, 4.69) is 10.2 Å². The number of hydrogen-bond donors (Lipinski definition) is 1. The molecule has 2 aliphatic rings. The molecule has 2 rings (SSSR count). The van der Waals surface area contributed by atoms with E-state index in [9.17, 15) is 4.79 Å². The van der Waals surface area contributed by atoms with Crippen LogP contribution in [0.2, 0.25) is 0 Å². The van der Waals surface area contributed by atoms with E-state index in [1.165, 1.54) is 6.42 Å². The van der Waals surface area contributed by atoms with Crippen molar-refractivity contribution in [3.8, 4) is 0 Å². The molecule has 0 saturated carbocycles. The second-order valence-corrected chi connectivity index (χ2v) is 4.17. The van der Waals surface area contributed by atoms with Crippen LogP contribution in [-0.2, 0) is 9.53 Å². The maximum Gasteiger partial charge on any atom is 0.320 e. The van der Waals surface area contributed by atoms with Crippen LogP contribution in [0.5, 0.6) is 0 Å². The number of carbonyl (C=O) groups is 1. The summed E-state index contributed by atoms with van der Waals surface area (Å²) in [5, 5.41) is 3.35. The molecule has 0 amide bonds. The van der Waals surface area contributed by atoms with E-state index < -0.39 is 0 Å². The Hall–Kier alpha value is -0.610. The first-order chi connectivity index (χ1) is 6.84. The van der Waals surface area contributed by atoms with Gasteiger partial charge in [0.15, 0.2) is 0 Å². The molecule has 0 radical (unpaired) electrons. The number of ether oxygens (including phenoxy) is 1. The monoisotopic (exact) mass is 198 g/mol. The Labute approximate surface area is 84.6 Å². The average Bonchev–Trinajstić information content (AvgIpc) is 2.56. The van der Waals surface area contributed by atoms with Crippen molar-refractivity contribution in [3.63, 3.8) is 0 Å². The van der Waals surface area contributed by atoms with Gasteiger partial charge in [0, 0.05) is 13.1 Å². The van der Waals surface area contributed by atoms with Crippen molar-refractivity contribution in [2.24, 2.45) is 5.92 Å². The fourth-order valence-electron chi connectivity index (χ4n) is 2.17. The van der Waals surface area contributed by atoms with Crippen molar-refractivity contribution in [1.29, 1.82) is 0 Å². The number of nitrogens with one attached hydrogen (secondary N) is 1. The molecule has 0 bridgehead atoms. The molecular weight excluding hydrogens is 180 g/mol. The van der Waals surface area contributed by atoms with Crippen LogP contribution in [0.1, 0.15) is 12.8 Å². The lowest BCUT2D eigenvalue weighted by atomic mass is 10.1. The first kappa shape index (κ1) is 9.93. The predicted molar refractivity (Wildman–Crippen MR) is 53.0 cm³/mol. The lowest BCUT2D eigenvalue weighted by Gasteiger charge is -2.21. The zero-order valence-corrected chi connectivity index (χ0v) is 8.50. The Morgan fingerprint density at radius 1 is 1.57 bits per heavy atom. The summed E-state index contributed by atoms with van der Waals surface area (Å²) in [6.45, 7) is 5.35. The number of nitrogens with zero attached hydrogens (tertiary/aromatic N) is 1. The highest BCUT2D eigenvalue weighted by molar-refractivity contribution is 5.71. The maximum absolute atomic E-state index is 11.2. The molecule has 2 fully saturated rings. The third-order valence-corrected chi connectivity index (χ3v) is 2.91. The van der Waals surface area contributed by atoms with E-state index in [1.54, 1.807) is 0 Å². The van der Waals surface area contributed by atoms with E-state index in [4.69, 9.17) is 4.74 Å². The third kappa shape index (κ3) is 2.69. The molecule has 0 spiro atoms. The molecule has 0 aromatic carbocycles. The van der Waals surface area contributed by atoms with E-state index in [-0.39, 0.29) is 5.97 Å². The molecule has 2 saturated heterocycles. The van der Waals surface area contributed by atoms with Gasteiger partial charge in [0.1, 0.15) is 0 Å². The van der Waals surface area contributed by atoms with Gasteiger partial charge in [0.25, 0.3) is 0 Å². The standard InChI is InChI=1S/C10H18N2O2/c13-10-8-12(4-1-5-14-10)7-9-2-3-11-6-9/h9,11H,1-8H2. The van der Waals surface area contributed by atoms with Gasteiger partial charge in [-0.05, 0) is 31.8 Å². The first-order valence-corrected chi connectivity index (χ1v) is 5.43. The van der Waals surface area contributed by atoms with Crippen LogP contribution in [0.3, 0.4) is 0 Å². The number of carbonyl (C=O) groups excluding carboxylic acids is 1. The predicted octanol–water partition coefficient (Wildman–Crippen LogP) is -0.155. The molecule has 2 heterocycles. The summed E-state index contributed by atoms with van der Waals surface area (Å²) in [6, 6.07) is 0. The lowest BCUT2D eigenvalue weighted by Crippen LogP contribution is -2.34. The number of esters is 1. The summed E-state index contributed by atoms with van der Waals surface area (Å²) in [7, 11) is 0. The molecule has 80 valence electrons. The van der Waals surface area contributed by atoms with Gasteiger partial charge < -0.3 is 10.1 Å². The summed E-state index contributed by atoms with van der Waals surface area (Å²) in [5.74, 6) is 0.661. The highest BCUT2D eigenvalue weighted by Gasteiger charge is 2.21. The summed E-state index contributed by atoms with van der Waals surface area (Å²) in [5.41, 5.74) is 0. The Kier molecular flexibility index (Phi) is 3.37. The normalized spacial score (nSPS) is 30.0. The van der Waals surface area contributed by atoms with Crippen molar-refractivity contribution >= 4 is 5.97 Å². The van der Waals surface area contributed by atoms with Crippen LogP contribution in [-0.4, -0.2) is 50.2 Å². The molecular formula is C10H18N2O2. The Morgan fingerprint density at radius 3 is 3.29 bits per heavy atom. The Bertz CT molecular complexity index is 202. The molecule has 1 N–H and O–H groups in total. The van der Waals surface area contributed by atoms with E-state index in [1.807, 2.05) is 0 Å². The van der Waals surface area contributed by atoms with E-state index in [0.29, 0.717) is 13.2 Å². The highest BCUT2D eigenvalue weighted by Crippen LogP contribution is 2.11. The van der Waals surface area contributed by atoms with Crippen LogP contribution in [0.4, 0.5) is 0 Å². The minimum absolute atomic E-state index is 0.0616. The molecule has 2 aliphatic heterocycles. The van der Waals surface area contributed by atoms with Gasteiger partial charge in [0.05, 0.1) is 13.2 Å². The molecule has 14 heavy (non-hydrogen) atoms. The summed E-state index contributed by atoms with van der Waals surface area (Å²) >= 11 is 0. The number of rotatable bonds is 2. The third-order valence-electron chi connectivity index (χ3n) is 2.91. The zero-order valence-electron chi connectivity index (χ0n) is 8.50. The van der Waals surface area contributed by atoms with Crippen LogP contribution in [0.15, 0.2) is 0 Å². The smallest absolute Gasteiger partial charge is 0.320 e. The fraction of sp³-hybridized carbons (Fsp3) is 0.900. The van der Waals surface area contributed by atoms with Crippen molar-refractivity contribution in [2.45, 2.75) is 12.8 Å². The molecule has 1 atom stereocenters. The van der Waals surface area contributed by atoms with Gasteiger partial charge in [-0.2, -0.15) is 0 Å². The summed E-state index contributed by atoms with van der Waals surface area (Å²) < 4.78 is 5.00. The second-order valence-electron chi connectivity index (χ2n) is 4.17. The minimum atomic E-state index is -0.0616. The minimum Gasteiger partial charge on any atom is -0.465 e. The van der Waals surface area contributed by atoms with E-state index >= 15 is 0 Å².